The van der Waals surface area contributed by atoms with Crippen molar-refractivity contribution in [2.75, 3.05) is 0 Å². The molecule has 1 heterocycles. The van der Waals surface area contributed by atoms with E-state index in [-0.39, 0.29) is 35.6 Å². The highest BCUT2D eigenvalue weighted by Gasteiger charge is 2.41. The summed E-state index contributed by atoms with van der Waals surface area (Å²) < 4.78 is 14.3. The van der Waals surface area contributed by atoms with E-state index in [1.165, 1.54) is 6.07 Å². The van der Waals surface area contributed by atoms with Crippen molar-refractivity contribution in [3.63, 3.8) is 0 Å². The van der Waals surface area contributed by atoms with Gasteiger partial charge in [-0.1, -0.05) is 13.8 Å². The summed E-state index contributed by atoms with van der Waals surface area (Å²) in [5, 5.41) is 0. The molecule has 0 spiro atoms. The number of hydrogen-bond donors (Lipinski definition) is 0. The van der Waals surface area contributed by atoms with Crippen molar-refractivity contribution in [2.24, 2.45) is 5.41 Å². The van der Waals surface area contributed by atoms with Crippen LogP contribution in [0.2, 0.25) is 0 Å². The maximum atomic E-state index is 14.3. The van der Waals surface area contributed by atoms with Gasteiger partial charge in [-0.2, -0.15) is 0 Å². The monoisotopic (exact) mass is 371 g/mol. The Morgan fingerprint density at radius 2 is 1.78 bits per heavy atom. The highest BCUT2D eigenvalue weighted by atomic mass is 19.1. The molecular formula is C22H26FNO3. The van der Waals surface area contributed by atoms with Crippen LogP contribution in [-0.4, -0.2) is 28.4 Å². The molecule has 1 unspecified atom stereocenters. The van der Waals surface area contributed by atoms with E-state index in [0.29, 0.717) is 30.4 Å². The van der Waals surface area contributed by atoms with Gasteiger partial charge < -0.3 is 4.90 Å². The van der Waals surface area contributed by atoms with E-state index >= 15 is 0 Å². The number of carbonyl (C=O) groups excluding carboxylic acids is 3. The zero-order valence-corrected chi connectivity index (χ0v) is 16.0. The summed E-state index contributed by atoms with van der Waals surface area (Å²) in [5.41, 5.74) is 2.54. The van der Waals surface area contributed by atoms with Crippen LogP contribution in [0.4, 0.5) is 4.39 Å². The minimum Gasteiger partial charge on any atom is -0.324 e. The number of benzene rings is 1. The summed E-state index contributed by atoms with van der Waals surface area (Å²) in [6, 6.07) is 2.35. The Morgan fingerprint density at radius 1 is 1.07 bits per heavy atom. The van der Waals surface area contributed by atoms with Crippen molar-refractivity contribution in [3.8, 4) is 0 Å². The van der Waals surface area contributed by atoms with E-state index in [9.17, 15) is 18.8 Å². The molecule has 4 rings (SSSR count). The van der Waals surface area contributed by atoms with Gasteiger partial charge in [0.2, 0.25) is 0 Å². The molecular weight excluding hydrogens is 345 g/mol. The Morgan fingerprint density at radius 3 is 2.44 bits per heavy atom. The molecule has 144 valence electrons. The fraction of sp³-hybridized carbons (Fsp3) is 0.591. The van der Waals surface area contributed by atoms with Crippen molar-refractivity contribution < 1.29 is 18.8 Å². The predicted molar refractivity (Wildman–Crippen MR) is 98.9 cm³/mol. The summed E-state index contributed by atoms with van der Waals surface area (Å²) in [6.07, 6.45) is 4.78. The SMILES string of the molecule is CC1(C)CCC(c2cc(F)cc3c2CN(C2CCC(=O)CC2=O)C3=O)CC1. The molecule has 0 bridgehead atoms. The van der Waals surface area contributed by atoms with Crippen molar-refractivity contribution >= 4 is 17.5 Å². The molecule has 27 heavy (non-hydrogen) atoms. The lowest BCUT2D eigenvalue weighted by Gasteiger charge is -2.35. The molecule has 0 aromatic heterocycles. The smallest absolute Gasteiger partial charge is 0.255 e. The summed E-state index contributed by atoms with van der Waals surface area (Å²) in [6.45, 7) is 4.88. The van der Waals surface area contributed by atoms with Gasteiger partial charge in [-0.25, -0.2) is 4.39 Å². The Hall–Kier alpha value is -2.04. The van der Waals surface area contributed by atoms with Gasteiger partial charge in [0.25, 0.3) is 5.91 Å². The van der Waals surface area contributed by atoms with Crippen LogP contribution < -0.4 is 0 Å². The fourth-order valence-electron chi connectivity index (χ4n) is 4.94. The Kier molecular flexibility index (Phi) is 4.44. The van der Waals surface area contributed by atoms with E-state index in [1.807, 2.05) is 0 Å². The van der Waals surface area contributed by atoms with Crippen molar-refractivity contribution in [3.05, 3.63) is 34.6 Å². The molecule has 5 heteroatoms. The molecule has 2 saturated carbocycles. The highest BCUT2D eigenvalue weighted by molar-refractivity contribution is 6.07. The number of halogens is 1. The van der Waals surface area contributed by atoms with Gasteiger partial charge in [0.1, 0.15) is 11.6 Å². The average Bonchev–Trinajstić information content (AvgIpc) is 2.91. The average molecular weight is 371 g/mol. The summed E-state index contributed by atoms with van der Waals surface area (Å²) in [5.74, 6) is -0.631. The van der Waals surface area contributed by atoms with Gasteiger partial charge in [0.05, 0.1) is 12.5 Å². The number of hydrogen-bond acceptors (Lipinski definition) is 3. The first-order valence-corrected chi connectivity index (χ1v) is 9.93. The molecule has 2 aliphatic carbocycles. The summed E-state index contributed by atoms with van der Waals surface area (Å²) in [4.78, 5) is 38.3. The van der Waals surface area contributed by atoms with Gasteiger partial charge in [-0.15, -0.1) is 0 Å². The number of fused-ring (bicyclic) bond motifs is 1. The fourth-order valence-corrected chi connectivity index (χ4v) is 4.94. The summed E-state index contributed by atoms with van der Waals surface area (Å²) in [7, 11) is 0. The van der Waals surface area contributed by atoms with Crippen molar-refractivity contribution in [1.29, 1.82) is 0 Å². The third-order valence-corrected chi connectivity index (χ3v) is 6.66. The van der Waals surface area contributed by atoms with E-state index < -0.39 is 6.04 Å². The van der Waals surface area contributed by atoms with Gasteiger partial charge in [0.15, 0.2) is 5.78 Å². The molecule has 2 fully saturated rings. The second kappa shape index (κ2) is 6.54. The number of rotatable bonds is 2. The Bertz CT molecular complexity index is 819. The number of carbonyl (C=O) groups is 3. The highest BCUT2D eigenvalue weighted by Crippen LogP contribution is 2.45. The maximum absolute atomic E-state index is 14.3. The van der Waals surface area contributed by atoms with Crippen LogP contribution in [0.15, 0.2) is 12.1 Å². The normalized spacial score (nSPS) is 25.8. The molecule has 1 aliphatic heterocycles. The number of nitrogens with zero attached hydrogens (tertiary/aromatic N) is 1. The molecule has 0 N–H and O–H groups in total. The van der Waals surface area contributed by atoms with E-state index in [2.05, 4.69) is 13.8 Å². The first-order valence-electron chi connectivity index (χ1n) is 9.93. The third kappa shape index (κ3) is 3.32. The number of Topliss-reactive ketones (excluding diaryl/α,β-unsaturated/α-hetero) is 2. The van der Waals surface area contributed by atoms with Gasteiger partial charge in [-0.05, 0) is 66.7 Å². The topological polar surface area (TPSA) is 54.5 Å². The second-order valence-electron chi connectivity index (χ2n) is 9.13. The minimum atomic E-state index is -0.552. The molecule has 1 amide bonds. The van der Waals surface area contributed by atoms with Crippen molar-refractivity contribution in [2.45, 2.75) is 77.3 Å². The molecule has 1 aromatic carbocycles. The standard InChI is InChI=1S/C22H26FNO3/c1-22(2)7-5-13(6-8-22)16-9-14(23)10-17-18(16)12-24(21(17)27)19-4-3-15(25)11-20(19)26/h9-10,13,19H,3-8,11-12H2,1-2H3. The third-order valence-electron chi connectivity index (χ3n) is 6.66. The van der Waals surface area contributed by atoms with Gasteiger partial charge in [0, 0.05) is 18.5 Å². The van der Waals surface area contributed by atoms with Gasteiger partial charge in [-0.3, -0.25) is 14.4 Å². The quantitative estimate of drug-likeness (QED) is 0.734. The molecule has 1 aromatic rings. The van der Waals surface area contributed by atoms with Crippen LogP contribution in [0.3, 0.4) is 0 Å². The van der Waals surface area contributed by atoms with Crippen LogP contribution in [0.1, 0.15) is 86.2 Å². The van der Waals surface area contributed by atoms with E-state index in [4.69, 9.17) is 0 Å². The van der Waals surface area contributed by atoms with Crippen molar-refractivity contribution in [1.82, 2.24) is 4.90 Å². The molecule has 0 saturated heterocycles. The molecule has 4 nitrogen and oxygen atoms in total. The lowest BCUT2D eigenvalue weighted by Crippen LogP contribution is -2.44. The first-order chi connectivity index (χ1) is 12.7. The first kappa shape index (κ1) is 18.3. The lowest BCUT2D eigenvalue weighted by atomic mass is 9.70. The van der Waals surface area contributed by atoms with Gasteiger partial charge >= 0.3 is 0 Å². The second-order valence-corrected chi connectivity index (χ2v) is 9.13. The van der Waals surface area contributed by atoms with Crippen LogP contribution in [-0.2, 0) is 16.1 Å². The lowest BCUT2D eigenvalue weighted by molar-refractivity contribution is -0.133. The maximum Gasteiger partial charge on any atom is 0.255 e. The predicted octanol–water partition coefficient (Wildman–Crippen LogP) is 4.16. The number of ketones is 2. The molecule has 0 radical (unpaired) electrons. The van der Waals surface area contributed by atoms with Crippen LogP contribution in [0, 0.1) is 11.2 Å². The van der Waals surface area contributed by atoms with Crippen LogP contribution in [0.25, 0.3) is 0 Å². The van der Waals surface area contributed by atoms with E-state index in [1.54, 1.807) is 11.0 Å². The summed E-state index contributed by atoms with van der Waals surface area (Å²) >= 11 is 0. The molecule has 3 aliphatic rings. The van der Waals surface area contributed by atoms with E-state index in [0.717, 1.165) is 36.8 Å². The molecule has 1 atom stereocenters. The zero-order chi connectivity index (χ0) is 19.3. The Balaban J connectivity index is 1.63. The van der Waals surface area contributed by atoms with Crippen LogP contribution in [0.5, 0.6) is 0 Å². The number of amides is 1. The minimum absolute atomic E-state index is 0.0584. The van der Waals surface area contributed by atoms with Crippen LogP contribution >= 0.6 is 0 Å². The largest absolute Gasteiger partial charge is 0.324 e. The zero-order valence-electron chi connectivity index (χ0n) is 16.0. The Labute approximate surface area is 159 Å².